The first-order chi connectivity index (χ1) is 20.6. The highest BCUT2D eigenvalue weighted by atomic mass is 16.5. The number of carbonyl (C=O) groups is 2. The lowest BCUT2D eigenvalue weighted by molar-refractivity contribution is -0.132. The van der Waals surface area contributed by atoms with Crippen molar-refractivity contribution in [2.75, 3.05) is 4.90 Å². The van der Waals surface area contributed by atoms with Crippen LogP contribution in [-0.4, -0.2) is 11.9 Å². The summed E-state index contributed by atoms with van der Waals surface area (Å²) in [5, 5.41) is 0. The van der Waals surface area contributed by atoms with Crippen LogP contribution in [0.4, 0.5) is 17.1 Å². The van der Waals surface area contributed by atoms with E-state index in [0.29, 0.717) is 11.5 Å². The number of esters is 2. The molecule has 0 aliphatic heterocycles. The van der Waals surface area contributed by atoms with E-state index in [4.69, 9.17) is 9.47 Å². The average Bonchev–Trinajstić information content (AvgIpc) is 2.99. The largest absolute Gasteiger partial charge is 0.427 e. The molecule has 0 fully saturated rings. The van der Waals surface area contributed by atoms with Crippen molar-refractivity contribution in [2.24, 2.45) is 0 Å². The van der Waals surface area contributed by atoms with Gasteiger partial charge in [-0.2, -0.15) is 0 Å². The van der Waals surface area contributed by atoms with Crippen molar-refractivity contribution >= 4 is 29.0 Å². The van der Waals surface area contributed by atoms with Gasteiger partial charge in [-0.1, -0.05) is 71.8 Å². The van der Waals surface area contributed by atoms with Crippen molar-refractivity contribution in [3.05, 3.63) is 149 Å². The number of anilines is 3. The molecule has 5 heteroatoms. The molecule has 0 aliphatic rings. The predicted octanol–water partition coefficient (Wildman–Crippen LogP) is 8.98. The number of rotatable bonds is 8. The molecule has 0 aromatic heterocycles. The molecule has 0 aliphatic carbocycles. The standard InChI is InChI=1S/C38H35NO4/c1-26-6-16-33(17-7-26)39(34-18-8-27(2)9-19-34)35-20-10-30(11-21-35)38(5,31-12-22-36(23-13-31)42-28(3)40)32-14-24-37(25-15-32)43-29(4)41/h6-25H,1-5H3. The van der Waals surface area contributed by atoms with Crippen LogP contribution in [0.1, 0.15) is 48.6 Å². The highest BCUT2D eigenvalue weighted by Crippen LogP contribution is 2.42. The highest BCUT2D eigenvalue weighted by molar-refractivity contribution is 5.77. The van der Waals surface area contributed by atoms with Gasteiger partial charge in [-0.25, -0.2) is 0 Å². The average molecular weight is 570 g/mol. The lowest BCUT2D eigenvalue weighted by Crippen LogP contribution is -2.25. The second-order valence-corrected chi connectivity index (χ2v) is 10.9. The Hall–Kier alpha value is -5.16. The van der Waals surface area contributed by atoms with Crippen LogP contribution >= 0.6 is 0 Å². The van der Waals surface area contributed by atoms with Gasteiger partial charge in [0.1, 0.15) is 11.5 Å². The zero-order valence-electron chi connectivity index (χ0n) is 25.1. The second-order valence-electron chi connectivity index (χ2n) is 10.9. The monoisotopic (exact) mass is 569 g/mol. The van der Waals surface area contributed by atoms with Gasteiger partial charge in [-0.3, -0.25) is 9.59 Å². The summed E-state index contributed by atoms with van der Waals surface area (Å²) in [6.07, 6.45) is 0. The van der Waals surface area contributed by atoms with E-state index in [1.54, 1.807) is 0 Å². The molecule has 5 aromatic carbocycles. The summed E-state index contributed by atoms with van der Waals surface area (Å²) < 4.78 is 10.6. The molecule has 0 radical (unpaired) electrons. The molecule has 0 bridgehead atoms. The van der Waals surface area contributed by atoms with Crippen molar-refractivity contribution in [1.29, 1.82) is 0 Å². The minimum atomic E-state index is -0.569. The predicted molar refractivity (Wildman–Crippen MR) is 172 cm³/mol. The molecule has 5 aromatic rings. The molecule has 216 valence electrons. The van der Waals surface area contributed by atoms with Gasteiger partial charge in [0.2, 0.25) is 0 Å². The van der Waals surface area contributed by atoms with E-state index < -0.39 is 5.41 Å². The number of hydrogen-bond donors (Lipinski definition) is 0. The minimum absolute atomic E-state index is 0.362. The van der Waals surface area contributed by atoms with Crippen molar-refractivity contribution < 1.29 is 19.1 Å². The van der Waals surface area contributed by atoms with Crippen LogP contribution in [0, 0.1) is 13.8 Å². The molecular formula is C38H35NO4. The molecule has 5 rings (SSSR count). The zero-order chi connectivity index (χ0) is 30.6. The summed E-state index contributed by atoms with van der Waals surface area (Å²) in [5.41, 5.74) is 8.14. The molecule has 0 amide bonds. The zero-order valence-corrected chi connectivity index (χ0v) is 25.1. The Kier molecular flexibility index (Phi) is 8.44. The van der Waals surface area contributed by atoms with Gasteiger partial charge in [0.05, 0.1) is 0 Å². The summed E-state index contributed by atoms with van der Waals surface area (Å²) >= 11 is 0. The fourth-order valence-electron chi connectivity index (χ4n) is 5.32. The molecule has 0 saturated carbocycles. The van der Waals surface area contributed by atoms with Crippen LogP contribution < -0.4 is 14.4 Å². The number of carbonyl (C=O) groups excluding carboxylic acids is 2. The van der Waals surface area contributed by atoms with Gasteiger partial charge in [-0.05, 0) is 98.1 Å². The molecule has 0 atom stereocenters. The van der Waals surface area contributed by atoms with Gasteiger partial charge >= 0.3 is 11.9 Å². The van der Waals surface area contributed by atoms with Gasteiger partial charge in [0.15, 0.2) is 0 Å². The summed E-state index contributed by atoms with van der Waals surface area (Å²) in [6, 6.07) is 40.9. The van der Waals surface area contributed by atoms with E-state index in [9.17, 15) is 9.59 Å². The molecule has 0 saturated heterocycles. The topological polar surface area (TPSA) is 55.8 Å². The fraction of sp³-hybridized carbons (Fsp3) is 0.158. The molecule has 0 spiro atoms. The fourth-order valence-corrected chi connectivity index (χ4v) is 5.32. The summed E-state index contributed by atoms with van der Waals surface area (Å²) in [5.74, 6) is 0.259. The third kappa shape index (κ3) is 6.52. The SMILES string of the molecule is CC(=O)Oc1ccc(C(C)(c2ccc(OC(C)=O)cc2)c2ccc(N(c3ccc(C)cc3)c3ccc(C)cc3)cc2)cc1. The van der Waals surface area contributed by atoms with Gasteiger partial charge in [0, 0.05) is 36.3 Å². The lowest BCUT2D eigenvalue weighted by Gasteiger charge is -2.33. The Bertz CT molecular complexity index is 1600. The molecule has 0 unspecified atom stereocenters. The molecular weight excluding hydrogens is 534 g/mol. The van der Waals surface area contributed by atoms with E-state index in [-0.39, 0.29) is 11.9 Å². The third-order valence-electron chi connectivity index (χ3n) is 7.67. The first kappa shape index (κ1) is 29.3. The Labute approximate surface area is 253 Å². The summed E-state index contributed by atoms with van der Waals surface area (Å²) in [7, 11) is 0. The normalized spacial score (nSPS) is 11.1. The summed E-state index contributed by atoms with van der Waals surface area (Å²) in [6.45, 7) is 9.13. The van der Waals surface area contributed by atoms with Crippen LogP contribution in [0.2, 0.25) is 0 Å². The van der Waals surface area contributed by atoms with Crippen LogP contribution in [-0.2, 0) is 15.0 Å². The minimum Gasteiger partial charge on any atom is -0.427 e. The van der Waals surface area contributed by atoms with Crippen molar-refractivity contribution in [3.8, 4) is 11.5 Å². The Morgan fingerprint density at radius 2 is 0.767 bits per heavy atom. The highest BCUT2D eigenvalue weighted by Gasteiger charge is 2.32. The van der Waals surface area contributed by atoms with Gasteiger partial charge in [-0.15, -0.1) is 0 Å². The van der Waals surface area contributed by atoms with E-state index in [0.717, 1.165) is 33.8 Å². The number of nitrogens with zero attached hydrogens (tertiary/aromatic N) is 1. The molecule has 5 nitrogen and oxygen atoms in total. The van der Waals surface area contributed by atoms with Gasteiger partial charge < -0.3 is 14.4 Å². The van der Waals surface area contributed by atoms with Gasteiger partial charge in [0.25, 0.3) is 0 Å². The van der Waals surface area contributed by atoms with E-state index >= 15 is 0 Å². The van der Waals surface area contributed by atoms with Crippen LogP contribution in [0.15, 0.2) is 121 Å². The Morgan fingerprint density at radius 1 is 0.488 bits per heavy atom. The number of hydrogen-bond acceptors (Lipinski definition) is 5. The lowest BCUT2D eigenvalue weighted by atomic mass is 9.71. The maximum Gasteiger partial charge on any atom is 0.308 e. The molecule has 43 heavy (non-hydrogen) atoms. The Balaban J connectivity index is 1.59. The second kappa shape index (κ2) is 12.4. The quantitative estimate of drug-likeness (QED) is 0.106. The molecule has 0 N–H and O–H groups in total. The van der Waals surface area contributed by atoms with Crippen molar-refractivity contribution in [3.63, 3.8) is 0 Å². The van der Waals surface area contributed by atoms with E-state index in [1.165, 1.54) is 25.0 Å². The Morgan fingerprint density at radius 3 is 1.07 bits per heavy atom. The number of aryl methyl sites for hydroxylation is 2. The van der Waals surface area contributed by atoms with Crippen LogP contribution in [0.25, 0.3) is 0 Å². The van der Waals surface area contributed by atoms with Crippen molar-refractivity contribution in [1.82, 2.24) is 0 Å². The smallest absolute Gasteiger partial charge is 0.308 e. The first-order valence-electron chi connectivity index (χ1n) is 14.3. The number of ether oxygens (including phenoxy) is 2. The maximum absolute atomic E-state index is 11.5. The number of benzene rings is 5. The summed E-state index contributed by atoms with van der Waals surface area (Å²) in [4.78, 5) is 25.3. The van der Waals surface area contributed by atoms with Crippen LogP contribution in [0.3, 0.4) is 0 Å². The van der Waals surface area contributed by atoms with E-state index in [2.05, 4.69) is 98.5 Å². The van der Waals surface area contributed by atoms with Crippen molar-refractivity contribution in [2.45, 2.75) is 40.0 Å². The maximum atomic E-state index is 11.5. The first-order valence-corrected chi connectivity index (χ1v) is 14.3. The van der Waals surface area contributed by atoms with E-state index in [1.807, 2.05) is 48.5 Å². The van der Waals surface area contributed by atoms with Crippen LogP contribution in [0.5, 0.6) is 11.5 Å². The molecule has 0 heterocycles. The third-order valence-corrected chi connectivity index (χ3v) is 7.67.